The lowest BCUT2D eigenvalue weighted by Crippen LogP contribution is -2.30. The summed E-state index contributed by atoms with van der Waals surface area (Å²) in [5, 5.41) is 2.66. The molecule has 40 heavy (non-hydrogen) atoms. The standard InChI is InChI=1S/C28H34N6O5S/c1-6-33-23-13-11-20(19-39-30-3)17-25(23)34(15-8-16-40(36,37)38)27(33)10-7-9-26-31(4)22-14-12-21(28(35)29-2)18-24(22)32(26)5/h6-7,9-14,17-18,30H,1,8,15-16,19H2,2-5H3,(H-,29,35,36,37,38)/p+1. The van der Waals surface area contributed by atoms with Crippen LogP contribution >= 0.6 is 0 Å². The van der Waals surface area contributed by atoms with Gasteiger partial charge in [0.25, 0.3) is 21.8 Å². The second-order valence-corrected chi connectivity index (χ2v) is 10.9. The van der Waals surface area contributed by atoms with Crippen molar-refractivity contribution in [3.05, 3.63) is 84.1 Å². The third-order valence-corrected chi connectivity index (χ3v) is 7.63. The van der Waals surface area contributed by atoms with E-state index >= 15 is 0 Å². The zero-order chi connectivity index (χ0) is 29.0. The number of amides is 1. The first-order valence-electron chi connectivity index (χ1n) is 12.7. The highest BCUT2D eigenvalue weighted by Gasteiger charge is 2.30. The molecule has 2 aromatic carbocycles. The lowest BCUT2D eigenvalue weighted by atomic mass is 10.1. The summed E-state index contributed by atoms with van der Waals surface area (Å²) >= 11 is 0. The van der Waals surface area contributed by atoms with E-state index in [9.17, 15) is 17.8 Å². The summed E-state index contributed by atoms with van der Waals surface area (Å²) in [4.78, 5) is 21.4. The predicted octanol–water partition coefficient (Wildman–Crippen LogP) is 2.62. The molecule has 1 amide bonds. The highest BCUT2D eigenvalue weighted by Crippen LogP contribution is 2.42. The van der Waals surface area contributed by atoms with Crippen molar-refractivity contribution in [2.24, 2.45) is 14.1 Å². The van der Waals surface area contributed by atoms with Crippen LogP contribution in [0.1, 0.15) is 28.2 Å². The largest absolute Gasteiger partial charge is 0.355 e. The van der Waals surface area contributed by atoms with Gasteiger partial charge in [0, 0.05) is 44.5 Å². The van der Waals surface area contributed by atoms with Gasteiger partial charge in [-0.1, -0.05) is 18.7 Å². The number of allylic oxidation sites excluding steroid dienone is 2. The minimum absolute atomic E-state index is 0.146. The molecule has 0 unspecified atom stereocenters. The third-order valence-electron chi connectivity index (χ3n) is 6.83. The van der Waals surface area contributed by atoms with E-state index in [0.29, 0.717) is 18.7 Å². The van der Waals surface area contributed by atoms with E-state index in [0.717, 1.165) is 39.6 Å². The van der Waals surface area contributed by atoms with Crippen LogP contribution in [0.15, 0.2) is 67.2 Å². The zero-order valence-electron chi connectivity index (χ0n) is 23.1. The first-order chi connectivity index (χ1) is 19.1. The number of carbonyl (C=O) groups is 1. The predicted molar refractivity (Wildman–Crippen MR) is 156 cm³/mol. The molecule has 11 nitrogen and oxygen atoms in total. The van der Waals surface area contributed by atoms with Crippen LogP contribution in [0.5, 0.6) is 0 Å². The summed E-state index contributed by atoms with van der Waals surface area (Å²) in [5.74, 6) is 1.20. The summed E-state index contributed by atoms with van der Waals surface area (Å²) in [6, 6.07) is 11.5. The van der Waals surface area contributed by atoms with Crippen LogP contribution in [0.2, 0.25) is 0 Å². The number of rotatable bonds is 11. The fourth-order valence-electron chi connectivity index (χ4n) is 4.89. The van der Waals surface area contributed by atoms with E-state index in [1.54, 1.807) is 26.4 Å². The molecule has 0 saturated carbocycles. The molecule has 0 bridgehead atoms. The van der Waals surface area contributed by atoms with Gasteiger partial charge in [0.15, 0.2) is 11.0 Å². The van der Waals surface area contributed by atoms with E-state index in [-0.39, 0.29) is 18.1 Å². The summed E-state index contributed by atoms with van der Waals surface area (Å²) in [6.45, 7) is 4.71. The number of fused-ring (bicyclic) bond motifs is 2. The van der Waals surface area contributed by atoms with Crippen LogP contribution in [0.3, 0.4) is 0 Å². The van der Waals surface area contributed by atoms with Crippen molar-refractivity contribution in [3.63, 3.8) is 0 Å². The van der Waals surface area contributed by atoms with E-state index in [2.05, 4.69) is 17.4 Å². The van der Waals surface area contributed by atoms with Crippen LogP contribution in [0.25, 0.3) is 17.1 Å². The van der Waals surface area contributed by atoms with Crippen LogP contribution < -0.4 is 25.2 Å². The fourth-order valence-corrected chi connectivity index (χ4v) is 5.38. The first-order valence-corrected chi connectivity index (χ1v) is 14.4. The van der Waals surface area contributed by atoms with Crippen LogP contribution in [0.4, 0.5) is 11.4 Å². The van der Waals surface area contributed by atoms with Gasteiger partial charge in [-0.3, -0.25) is 14.2 Å². The minimum Gasteiger partial charge on any atom is -0.355 e. The lowest BCUT2D eigenvalue weighted by Gasteiger charge is -2.23. The quantitative estimate of drug-likeness (QED) is 0.184. The smallest absolute Gasteiger partial charge is 0.281 e. The number of hydroxylamine groups is 1. The number of benzene rings is 2. The maximum Gasteiger partial charge on any atom is 0.281 e. The highest BCUT2D eigenvalue weighted by molar-refractivity contribution is 7.85. The molecular formula is C28H35N6O5S+. The molecule has 0 saturated heterocycles. The van der Waals surface area contributed by atoms with Gasteiger partial charge in [-0.05, 0) is 42.3 Å². The van der Waals surface area contributed by atoms with Gasteiger partial charge in [-0.25, -0.2) is 14.6 Å². The Hall–Kier alpha value is -3.97. The molecule has 2 heterocycles. The number of nitrogens with one attached hydrogen (secondary N) is 2. The maximum absolute atomic E-state index is 12.1. The Morgan fingerprint density at radius 1 is 1.18 bits per heavy atom. The molecule has 1 aliphatic heterocycles. The number of hydrogen-bond acceptors (Lipinski definition) is 7. The summed E-state index contributed by atoms with van der Waals surface area (Å²) in [7, 11) is 3.12. The highest BCUT2D eigenvalue weighted by atomic mass is 32.2. The van der Waals surface area contributed by atoms with Gasteiger partial charge in [0.05, 0.1) is 37.8 Å². The summed E-state index contributed by atoms with van der Waals surface area (Å²) < 4.78 is 36.2. The number of nitrogens with zero attached hydrogens (tertiary/aromatic N) is 4. The van der Waals surface area contributed by atoms with E-state index in [1.165, 1.54) is 0 Å². The summed E-state index contributed by atoms with van der Waals surface area (Å²) in [5.41, 5.74) is 7.86. The number of carbonyl (C=O) groups excluding carboxylic acids is 1. The Kier molecular flexibility index (Phi) is 8.74. The number of aromatic nitrogens is 2. The summed E-state index contributed by atoms with van der Waals surface area (Å²) in [6.07, 6.45) is 7.77. The van der Waals surface area contributed by atoms with Crippen molar-refractivity contribution < 1.29 is 27.2 Å². The Labute approximate surface area is 234 Å². The molecule has 1 aromatic heterocycles. The molecule has 212 valence electrons. The molecule has 3 N–H and O–H groups in total. The molecule has 0 radical (unpaired) electrons. The Bertz CT molecular complexity index is 1610. The average Bonchev–Trinajstić information content (AvgIpc) is 3.35. The van der Waals surface area contributed by atoms with Gasteiger partial charge < -0.3 is 15.1 Å². The average molecular weight is 568 g/mol. The van der Waals surface area contributed by atoms with E-state index in [4.69, 9.17) is 4.84 Å². The Balaban J connectivity index is 1.71. The van der Waals surface area contributed by atoms with E-state index < -0.39 is 10.1 Å². The molecule has 1 aliphatic rings. The van der Waals surface area contributed by atoms with Gasteiger partial charge in [0.1, 0.15) is 5.82 Å². The molecule has 0 aliphatic carbocycles. The molecule has 0 spiro atoms. The van der Waals surface area contributed by atoms with Gasteiger partial charge in [0.2, 0.25) is 0 Å². The van der Waals surface area contributed by atoms with Crippen LogP contribution in [-0.2, 0) is 35.7 Å². The molecule has 0 fully saturated rings. The van der Waals surface area contributed by atoms with Gasteiger partial charge >= 0.3 is 0 Å². The third kappa shape index (κ3) is 5.94. The topological polar surface area (TPSA) is 120 Å². The second-order valence-electron chi connectivity index (χ2n) is 9.30. The normalized spacial score (nSPS) is 14.5. The van der Waals surface area contributed by atoms with Crippen LogP contribution in [0, 0.1) is 0 Å². The number of anilines is 2. The first kappa shape index (κ1) is 29.0. The van der Waals surface area contributed by atoms with Crippen molar-refractivity contribution in [2.75, 3.05) is 36.2 Å². The Morgan fingerprint density at radius 3 is 2.62 bits per heavy atom. The van der Waals surface area contributed by atoms with Crippen molar-refractivity contribution in [2.45, 2.75) is 13.0 Å². The monoisotopic (exact) mass is 567 g/mol. The lowest BCUT2D eigenvalue weighted by molar-refractivity contribution is -0.647. The van der Waals surface area contributed by atoms with Crippen molar-refractivity contribution in [3.8, 4) is 0 Å². The van der Waals surface area contributed by atoms with Crippen molar-refractivity contribution in [1.82, 2.24) is 15.4 Å². The van der Waals surface area contributed by atoms with Crippen molar-refractivity contribution in [1.29, 1.82) is 0 Å². The number of imidazole rings is 1. The molecule has 3 aromatic rings. The molecular weight excluding hydrogens is 532 g/mol. The minimum atomic E-state index is -4.09. The molecule has 12 heteroatoms. The van der Waals surface area contributed by atoms with Gasteiger partial charge in [-0.15, -0.1) is 0 Å². The number of aryl methyl sites for hydroxylation is 2. The zero-order valence-corrected chi connectivity index (χ0v) is 23.9. The van der Waals surface area contributed by atoms with Crippen molar-refractivity contribution >= 4 is 44.5 Å². The number of hydrogen-bond donors (Lipinski definition) is 3. The van der Waals surface area contributed by atoms with Crippen LogP contribution in [-0.4, -0.2) is 49.8 Å². The SMILES string of the molecule is C=CN1/C(=C\C=C\c2n(C)c3cc(C(=O)NC)ccc3[n+]2C)N(CCCS(=O)(=O)O)c2cc(CONC)ccc21. The molecule has 4 rings (SSSR count). The Morgan fingerprint density at radius 2 is 1.95 bits per heavy atom. The maximum atomic E-state index is 12.1. The fraction of sp³-hybridized carbons (Fsp3) is 0.286. The molecule has 0 atom stereocenters. The van der Waals surface area contributed by atoms with E-state index in [1.807, 2.05) is 81.6 Å². The van der Waals surface area contributed by atoms with Gasteiger partial charge in [-0.2, -0.15) is 8.42 Å². The second kappa shape index (κ2) is 12.0.